The maximum absolute atomic E-state index is 12.0. The van der Waals surface area contributed by atoms with Crippen molar-refractivity contribution in [2.45, 2.75) is 19.1 Å². The van der Waals surface area contributed by atoms with Gasteiger partial charge in [0.2, 0.25) is 0 Å². The van der Waals surface area contributed by atoms with Crippen LogP contribution >= 0.6 is 11.3 Å². The number of nitrogens with two attached hydrogens (primary N) is 1. The zero-order valence-electron chi connectivity index (χ0n) is 12.2. The second-order valence-electron chi connectivity index (χ2n) is 4.75. The van der Waals surface area contributed by atoms with E-state index in [1.165, 1.54) is 11.3 Å². The van der Waals surface area contributed by atoms with Crippen molar-refractivity contribution in [2.24, 2.45) is 5.73 Å². The summed E-state index contributed by atoms with van der Waals surface area (Å²) in [7, 11) is 0. The molecule has 2 amide bonds. The number of esters is 1. The molecule has 0 aliphatic heterocycles. The van der Waals surface area contributed by atoms with Crippen LogP contribution in [0.25, 0.3) is 0 Å². The van der Waals surface area contributed by atoms with Crippen LogP contribution in [-0.4, -0.2) is 12.0 Å². The Morgan fingerprint density at radius 1 is 1.35 bits per heavy atom. The molecule has 0 bridgehead atoms. The van der Waals surface area contributed by atoms with Gasteiger partial charge in [-0.3, -0.25) is 4.79 Å². The maximum Gasteiger partial charge on any atom is 0.312 e. The van der Waals surface area contributed by atoms with Crippen LogP contribution in [0.2, 0.25) is 0 Å². The molecule has 118 valence electrons. The van der Waals surface area contributed by atoms with E-state index in [0.29, 0.717) is 5.56 Å². The third kappa shape index (κ3) is 5.13. The van der Waals surface area contributed by atoms with Gasteiger partial charge in [0, 0.05) is 4.88 Å². The smallest absolute Gasteiger partial charge is 0.312 e. The molecule has 0 saturated heterocycles. The lowest BCUT2D eigenvalue weighted by atomic mass is 10.1. The standard InChI is InChI=1S/C16H15N3O3S/c17-9-11-3-1-4-12(7-11)10-22-15(20)8-13(19-16(18)21)14-5-2-6-23-14/h1-7,13H,8,10H2,(H3,18,19,21). The fourth-order valence-electron chi connectivity index (χ4n) is 2.00. The minimum atomic E-state index is -0.696. The first kappa shape index (κ1) is 16.5. The van der Waals surface area contributed by atoms with Crippen LogP contribution in [0, 0.1) is 11.3 Å². The van der Waals surface area contributed by atoms with Crippen LogP contribution in [0.3, 0.4) is 0 Å². The van der Waals surface area contributed by atoms with Crippen molar-refractivity contribution in [1.29, 1.82) is 5.26 Å². The van der Waals surface area contributed by atoms with E-state index in [1.54, 1.807) is 24.3 Å². The van der Waals surface area contributed by atoms with Crippen molar-refractivity contribution in [3.63, 3.8) is 0 Å². The Bertz CT molecular complexity index is 722. The first-order chi connectivity index (χ1) is 11.1. The molecule has 0 saturated carbocycles. The predicted octanol–water partition coefficient (Wildman–Crippen LogP) is 2.46. The van der Waals surface area contributed by atoms with E-state index in [-0.39, 0.29) is 13.0 Å². The van der Waals surface area contributed by atoms with Crippen molar-refractivity contribution >= 4 is 23.3 Å². The summed E-state index contributed by atoms with van der Waals surface area (Å²) >= 11 is 1.42. The summed E-state index contributed by atoms with van der Waals surface area (Å²) in [5.74, 6) is -0.459. The summed E-state index contributed by atoms with van der Waals surface area (Å²) in [4.78, 5) is 23.9. The zero-order valence-corrected chi connectivity index (χ0v) is 13.0. The molecule has 1 atom stereocenters. The number of ether oxygens (including phenoxy) is 1. The van der Waals surface area contributed by atoms with Gasteiger partial charge in [0.1, 0.15) is 6.61 Å². The Morgan fingerprint density at radius 3 is 2.83 bits per heavy atom. The average Bonchev–Trinajstić information content (AvgIpc) is 3.06. The highest BCUT2D eigenvalue weighted by Crippen LogP contribution is 2.22. The molecule has 0 aliphatic carbocycles. The quantitative estimate of drug-likeness (QED) is 0.794. The Kier molecular flexibility index (Phi) is 5.72. The minimum Gasteiger partial charge on any atom is -0.461 e. The molecule has 2 aromatic rings. The number of hydrogen-bond acceptors (Lipinski definition) is 5. The first-order valence-electron chi connectivity index (χ1n) is 6.82. The van der Waals surface area contributed by atoms with Gasteiger partial charge in [0.15, 0.2) is 0 Å². The van der Waals surface area contributed by atoms with Crippen molar-refractivity contribution in [3.8, 4) is 6.07 Å². The number of nitrogens with zero attached hydrogens (tertiary/aromatic N) is 1. The van der Waals surface area contributed by atoms with Gasteiger partial charge in [0.05, 0.1) is 24.1 Å². The Labute approximate surface area is 137 Å². The van der Waals surface area contributed by atoms with E-state index in [0.717, 1.165) is 10.4 Å². The van der Waals surface area contributed by atoms with Crippen LogP contribution in [0.4, 0.5) is 4.79 Å². The number of hydrogen-bond donors (Lipinski definition) is 2. The number of urea groups is 1. The van der Waals surface area contributed by atoms with Gasteiger partial charge < -0.3 is 15.8 Å². The third-order valence-electron chi connectivity index (χ3n) is 3.03. The second kappa shape index (κ2) is 7.96. The van der Waals surface area contributed by atoms with E-state index in [1.807, 2.05) is 23.6 Å². The van der Waals surface area contributed by atoms with Crippen LogP contribution in [0.15, 0.2) is 41.8 Å². The Hall–Kier alpha value is -2.85. The van der Waals surface area contributed by atoms with E-state index in [2.05, 4.69) is 5.32 Å². The van der Waals surface area contributed by atoms with E-state index >= 15 is 0 Å². The van der Waals surface area contributed by atoms with Crippen LogP contribution in [-0.2, 0) is 16.1 Å². The highest BCUT2D eigenvalue weighted by Gasteiger charge is 2.19. The van der Waals surface area contributed by atoms with Gasteiger partial charge in [-0.1, -0.05) is 18.2 Å². The lowest BCUT2D eigenvalue weighted by molar-refractivity contribution is -0.145. The zero-order chi connectivity index (χ0) is 16.7. The molecule has 6 nitrogen and oxygen atoms in total. The monoisotopic (exact) mass is 329 g/mol. The SMILES string of the molecule is N#Cc1cccc(COC(=O)CC(NC(N)=O)c2cccs2)c1. The summed E-state index contributed by atoms with van der Waals surface area (Å²) in [6, 6.07) is 11.3. The summed E-state index contributed by atoms with van der Waals surface area (Å²) < 4.78 is 5.20. The van der Waals surface area contributed by atoms with E-state index in [4.69, 9.17) is 15.7 Å². The Balaban J connectivity index is 1.94. The lowest BCUT2D eigenvalue weighted by Gasteiger charge is -2.15. The van der Waals surface area contributed by atoms with Gasteiger partial charge in [-0.25, -0.2) is 4.79 Å². The summed E-state index contributed by atoms with van der Waals surface area (Å²) in [5, 5.41) is 13.2. The number of amides is 2. The molecule has 23 heavy (non-hydrogen) atoms. The number of carbonyl (C=O) groups excluding carboxylic acids is 2. The van der Waals surface area contributed by atoms with Crippen LogP contribution < -0.4 is 11.1 Å². The van der Waals surface area contributed by atoms with Gasteiger partial charge in [-0.05, 0) is 29.1 Å². The highest BCUT2D eigenvalue weighted by atomic mass is 32.1. The lowest BCUT2D eigenvalue weighted by Crippen LogP contribution is -2.34. The molecule has 0 fully saturated rings. The number of primary amides is 1. The minimum absolute atomic E-state index is 0.0125. The van der Waals surface area contributed by atoms with Gasteiger partial charge >= 0.3 is 12.0 Å². The molecule has 0 aliphatic rings. The van der Waals surface area contributed by atoms with Gasteiger partial charge in [-0.15, -0.1) is 11.3 Å². The van der Waals surface area contributed by atoms with E-state index < -0.39 is 18.0 Å². The van der Waals surface area contributed by atoms with Crippen molar-refractivity contribution in [3.05, 3.63) is 57.8 Å². The van der Waals surface area contributed by atoms with Crippen molar-refractivity contribution < 1.29 is 14.3 Å². The second-order valence-corrected chi connectivity index (χ2v) is 5.73. The Morgan fingerprint density at radius 2 is 2.17 bits per heavy atom. The van der Waals surface area contributed by atoms with Crippen molar-refractivity contribution in [2.75, 3.05) is 0 Å². The molecule has 1 heterocycles. The number of carbonyl (C=O) groups is 2. The largest absolute Gasteiger partial charge is 0.461 e. The summed E-state index contributed by atoms with van der Waals surface area (Å²) in [5.41, 5.74) is 6.38. The van der Waals surface area contributed by atoms with Crippen LogP contribution in [0.1, 0.15) is 28.5 Å². The van der Waals surface area contributed by atoms with Gasteiger partial charge in [-0.2, -0.15) is 5.26 Å². The molecule has 1 aromatic heterocycles. The fraction of sp³-hybridized carbons (Fsp3) is 0.188. The molecule has 1 unspecified atom stereocenters. The summed E-state index contributed by atoms with van der Waals surface area (Å²) in [6.07, 6.45) is -0.0125. The molecule has 0 spiro atoms. The topological polar surface area (TPSA) is 105 Å². The average molecular weight is 329 g/mol. The molecule has 0 radical (unpaired) electrons. The normalized spacial score (nSPS) is 11.3. The number of thiophene rings is 1. The van der Waals surface area contributed by atoms with E-state index in [9.17, 15) is 9.59 Å². The highest BCUT2D eigenvalue weighted by molar-refractivity contribution is 7.10. The number of nitriles is 1. The molecule has 7 heteroatoms. The third-order valence-corrected chi connectivity index (χ3v) is 4.02. The van der Waals surface area contributed by atoms with Crippen LogP contribution in [0.5, 0.6) is 0 Å². The van der Waals surface area contributed by atoms with Gasteiger partial charge in [0.25, 0.3) is 0 Å². The predicted molar refractivity (Wildman–Crippen MR) is 85.3 cm³/mol. The molecular formula is C16H15N3O3S. The van der Waals surface area contributed by atoms with Crippen molar-refractivity contribution in [1.82, 2.24) is 5.32 Å². The molecule has 2 rings (SSSR count). The first-order valence-corrected chi connectivity index (χ1v) is 7.70. The molecule has 3 N–H and O–H groups in total. The molecular weight excluding hydrogens is 314 g/mol. The maximum atomic E-state index is 12.0. The number of rotatable bonds is 6. The number of nitrogens with one attached hydrogen (secondary N) is 1. The number of benzene rings is 1. The summed E-state index contributed by atoms with van der Waals surface area (Å²) in [6.45, 7) is 0.0715. The fourth-order valence-corrected chi connectivity index (χ4v) is 2.78. The molecule has 1 aromatic carbocycles.